The van der Waals surface area contributed by atoms with Crippen LogP contribution in [0.3, 0.4) is 0 Å². The molecular weight excluding hydrogens is 460 g/mol. The van der Waals surface area contributed by atoms with Gasteiger partial charge < -0.3 is 15.2 Å². The van der Waals surface area contributed by atoms with E-state index in [1.54, 1.807) is 11.6 Å². The fourth-order valence-electron chi connectivity index (χ4n) is 1.80. The standard InChI is InChI=1S/C15H18Br2N4O2S/c1-4-22-10-5-9(6-19-21-15-20-11(18)7-24-15)12(16)13(17)14(10)23-8(2)3/h5-8H,4,18H2,1-3H3,(H,20,21). The summed E-state index contributed by atoms with van der Waals surface area (Å²) in [6.45, 7) is 6.40. The second kappa shape index (κ2) is 8.68. The summed E-state index contributed by atoms with van der Waals surface area (Å²) in [6, 6.07) is 1.87. The molecule has 0 spiro atoms. The summed E-state index contributed by atoms with van der Waals surface area (Å²) in [4.78, 5) is 4.08. The van der Waals surface area contributed by atoms with Crippen molar-refractivity contribution in [1.82, 2.24) is 4.98 Å². The van der Waals surface area contributed by atoms with Gasteiger partial charge in [-0.15, -0.1) is 11.3 Å². The molecule has 3 N–H and O–H groups in total. The van der Waals surface area contributed by atoms with Gasteiger partial charge in [0, 0.05) is 15.4 Å². The molecule has 24 heavy (non-hydrogen) atoms. The first-order valence-electron chi connectivity index (χ1n) is 7.23. The molecule has 6 nitrogen and oxygen atoms in total. The predicted molar refractivity (Wildman–Crippen MR) is 107 cm³/mol. The summed E-state index contributed by atoms with van der Waals surface area (Å²) in [5.74, 6) is 1.79. The molecule has 1 aromatic carbocycles. The molecule has 0 aliphatic rings. The molecule has 2 aromatic rings. The highest BCUT2D eigenvalue weighted by Gasteiger charge is 2.17. The zero-order valence-corrected chi connectivity index (χ0v) is 17.5. The van der Waals surface area contributed by atoms with Crippen LogP contribution < -0.4 is 20.6 Å². The van der Waals surface area contributed by atoms with E-state index < -0.39 is 0 Å². The van der Waals surface area contributed by atoms with Gasteiger partial charge in [-0.05, 0) is 58.7 Å². The molecule has 0 saturated heterocycles. The van der Waals surface area contributed by atoms with E-state index in [1.165, 1.54) is 11.3 Å². The normalized spacial score (nSPS) is 11.2. The molecule has 1 heterocycles. The largest absolute Gasteiger partial charge is 0.490 e. The quantitative estimate of drug-likeness (QED) is 0.438. The summed E-state index contributed by atoms with van der Waals surface area (Å²) >= 11 is 8.51. The molecule has 1 aromatic heterocycles. The van der Waals surface area contributed by atoms with Crippen LogP contribution in [0, 0.1) is 0 Å². The molecule has 0 unspecified atom stereocenters. The van der Waals surface area contributed by atoms with Crippen LogP contribution in [0.25, 0.3) is 0 Å². The van der Waals surface area contributed by atoms with Crippen LogP contribution in [0.5, 0.6) is 11.5 Å². The van der Waals surface area contributed by atoms with Crippen LogP contribution in [0.4, 0.5) is 10.9 Å². The summed E-state index contributed by atoms with van der Waals surface area (Å²) in [5.41, 5.74) is 9.26. The van der Waals surface area contributed by atoms with Gasteiger partial charge in [-0.3, -0.25) is 5.43 Å². The molecule has 0 saturated carbocycles. The van der Waals surface area contributed by atoms with Gasteiger partial charge in [-0.1, -0.05) is 0 Å². The second-order valence-electron chi connectivity index (χ2n) is 4.97. The van der Waals surface area contributed by atoms with E-state index in [0.29, 0.717) is 29.1 Å². The zero-order valence-electron chi connectivity index (χ0n) is 13.5. The number of hydrazone groups is 1. The first-order valence-corrected chi connectivity index (χ1v) is 9.70. The molecular formula is C15H18Br2N4O2S. The number of hydrogen-bond acceptors (Lipinski definition) is 7. The fourth-order valence-corrected chi connectivity index (χ4v) is 3.26. The minimum atomic E-state index is 0.0314. The van der Waals surface area contributed by atoms with Gasteiger partial charge >= 0.3 is 0 Å². The Labute approximate surface area is 161 Å². The molecule has 0 fully saturated rings. The van der Waals surface area contributed by atoms with Crippen molar-refractivity contribution < 1.29 is 9.47 Å². The van der Waals surface area contributed by atoms with Gasteiger partial charge in [0.1, 0.15) is 5.82 Å². The lowest BCUT2D eigenvalue weighted by Crippen LogP contribution is -2.09. The van der Waals surface area contributed by atoms with Gasteiger partial charge in [0.15, 0.2) is 11.5 Å². The lowest BCUT2D eigenvalue weighted by molar-refractivity contribution is 0.222. The summed E-state index contributed by atoms with van der Waals surface area (Å²) in [6.07, 6.45) is 1.71. The maximum absolute atomic E-state index is 5.86. The summed E-state index contributed by atoms with van der Waals surface area (Å²) in [5, 5.41) is 6.56. The van der Waals surface area contributed by atoms with Gasteiger partial charge in [0.05, 0.1) is 23.4 Å². The monoisotopic (exact) mass is 476 g/mol. The highest BCUT2D eigenvalue weighted by Crippen LogP contribution is 2.43. The van der Waals surface area contributed by atoms with Crippen molar-refractivity contribution >= 4 is 60.4 Å². The Bertz CT molecular complexity index is 735. The van der Waals surface area contributed by atoms with E-state index in [-0.39, 0.29) is 6.10 Å². The Balaban J connectivity index is 2.28. The third-order valence-corrected chi connectivity index (χ3v) is 5.60. The van der Waals surface area contributed by atoms with Gasteiger partial charge in [-0.2, -0.15) is 5.10 Å². The number of nitrogens with one attached hydrogen (secondary N) is 1. The highest BCUT2D eigenvalue weighted by molar-refractivity contribution is 9.13. The van der Waals surface area contributed by atoms with Crippen LogP contribution in [-0.2, 0) is 0 Å². The molecule has 0 aliphatic heterocycles. The average Bonchev–Trinajstić information content (AvgIpc) is 2.93. The highest BCUT2D eigenvalue weighted by atomic mass is 79.9. The van der Waals surface area contributed by atoms with Crippen molar-refractivity contribution in [3.63, 3.8) is 0 Å². The zero-order chi connectivity index (χ0) is 17.7. The lowest BCUT2D eigenvalue weighted by Gasteiger charge is -2.18. The number of nitrogens with two attached hydrogens (primary N) is 1. The molecule has 130 valence electrons. The summed E-state index contributed by atoms with van der Waals surface area (Å²) < 4.78 is 13.2. The molecule has 2 rings (SSSR count). The number of ether oxygens (including phenoxy) is 2. The van der Waals surface area contributed by atoms with Crippen LogP contribution >= 0.6 is 43.2 Å². The van der Waals surface area contributed by atoms with E-state index in [4.69, 9.17) is 15.2 Å². The Morgan fingerprint density at radius 1 is 1.42 bits per heavy atom. The molecule has 0 amide bonds. The first-order chi connectivity index (χ1) is 11.4. The van der Waals surface area contributed by atoms with E-state index >= 15 is 0 Å². The molecule has 0 atom stereocenters. The Morgan fingerprint density at radius 2 is 2.17 bits per heavy atom. The number of nitrogens with zero attached hydrogens (tertiary/aromatic N) is 2. The average molecular weight is 478 g/mol. The number of hydrogen-bond donors (Lipinski definition) is 2. The topological polar surface area (TPSA) is 81.8 Å². The predicted octanol–water partition coefficient (Wildman–Crippen LogP) is 4.88. The lowest BCUT2D eigenvalue weighted by atomic mass is 10.2. The Morgan fingerprint density at radius 3 is 2.75 bits per heavy atom. The van der Waals surface area contributed by atoms with E-state index in [1.807, 2.05) is 26.8 Å². The van der Waals surface area contributed by atoms with Crippen molar-refractivity contribution in [2.45, 2.75) is 26.9 Å². The van der Waals surface area contributed by atoms with Crippen molar-refractivity contribution in [2.24, 2.45) is 5.10 Å². The SMILES string of the molecule is CCOc1cc(C=NNc2nc(N)cs2)c(Br)c(Br)c1OC(C)C. The van der Waals surface area contributed by atoms with Gasteiger partial charge in [0.2, 0.25) is 5.13 Å². The number of nitrogen functional groups attached to an aromatic ring is 1. The van der Waals surface area contributed by atoms with Crippen molar-refractivity contribution in [3.05, 3.63) is 26.0 Å². The van der Waals surface area contributed by atoms with Gasteiger partial charge in [-0.25, -0.2) is 4.98 Å². The van der Waals surface area contributed by atoms with Crippen molar-refractivity contribution in [3.8, 4) is 11.5 Å². The van der Waals surface area contributed by atoms with Crippen molar-refractivity contribution in [1.29, 1.82) is 0 Å². The van der Waals surface area contributed by atoms with Crippen LogP contribution in [0.15, 0.2) is 25.5 Å². The van der Waals surface area contributed by atoms with Gasteiger partial charge in [0.25, 0.3) is 0 Å². The first kappa shape index (κ1) is 19.0. The third-order valence-electron chi connectivity index (χ3n) is 2.70. The van der Waals surface area contributed by atoms with E-state index in [9.17, 15) is 0 Å². The molecule has 9 heteroatoms. The fraction of sp³-hybridized carbons (Fsp3) is 0.333. The Kier molecular flexibility index (Phi) is 6.88. The third kappa shape index (κ3) is 4.84. The summed E-state index contributed by atoms with van der Waals surface area (Å²) in [7, 11) is 0. The number of halogens is 2. The number of benzene rings is 1. The maximum atomic E-state index is 5.86. The van der Waals surface area contributed by atoms with Crippen LogP contribution in [0.1, 0.15) is 26.3 Å². The molecule has 0 bridgehead atoms. The van der Waals surface area contributed by atoms with Crippen molar-refractivity contribution in [2.75, 3.05) is 17.8 Å². The Hall–Kier alpha value is -1.32. The smallest absolute Gasteiger partial charge is 0.205 e. The number of thiazole rings is 1. The minimum absolute atomic E-state index is 0.0314. The molecule has 0 aliphatic carbocycles. The number of anilines is 2. The van der Waals surface area contributed by atoms with E-state index in [2.05, 4.69) is 47.4 Å². The van der Waals surface area contributed by atoms with Crippen LogP contribution in [-0.4, -0.2) is 23.9 Å². The second-order valence-corrected chi connectivity index (χ2v) is 7.41. The van der Waals surface area contributed by atoms with E-state index in [0.717, 1.165) is 14.5 Å². The van der Waals surface area contributed by atoms with Crippen LogP contribution in [0.2, 0.25) is 0 Å². The molecule has 0 radical (unpaired) electrons. The number of aromatic nitrogens is 1. The number of rotatable bonds is 7. The minimum Gasteiger partial charge on any atom is -0.490 e. The maximum Gasteiger partial charge on any atom is 0.205 e.